The lowest BCUT2D eigenvalue weighted by molar-refractivity contribution is -0.129. The number of nitrogens with zero attached hydrogens (tertiary/aromatic N) is 1. The monoisotopic (exact) mass is 387 g/mol. The third-order valence-electron chi connectivity index (χ3n) is 4.41. The maximum Gasteiger partial charge on any atom is 0.363 e. The molecule has 0 bridgehead atoms. The molecule has 0 aliphatic carbocycles. The second-order valence-electron chi connectivity index (χ2n) is 6.63. The van der Waals surface area contributed by atoms with Crippen LogP contribution in [0.2, 0.25) is 0 Å². The molecule has 0 saturated carbocycles. The lowest BCUT2D eigenvalue weighted by Crippen LogP contribution is -2.07. The summed E-state index contributed by atoms with van der Waals surface area (Å²) < 4.78 is 25.1. The zero-order valence-electron chi connectivity index (χ0n) is 15.8. The lowest BCUT2D eigenvalue weighted by Gasteiger charge is -2.09. The fourth-order valence-corrected chi connectivity index (χ4v) is 3.00. The van der Waals surface area contributed by atoms with Gasteiger partial charge >= 0.3 is 5.97 Å². The Labute approximate surface area is 167 Å². The van der Waals surface area contributed by atoms with E-state index in [4.69, 9.17) is 9.47 Å². The van der Waals surface area contributed by atoms with Gasteiger partial charge in [0.25, 0.3) is 0 Å². The van der Waals surface area contributed by atoms with Gasteiger partial charge < -0.3 is 9.47 Å². The highest BCUT2D eigenvalue weighted by Crippen LogP contribution is 2.26. The SMILES string of the molecule is Cc1cccc(COc2ccccc2C=C2N=C(c3ccccc3F)OC2=O)c1. The van der Waals surface area contributed by atoms with Crippen molar-refractivity contribution in [2.45, 2.75) is 13.5 Å². The van der Waals surface area contributed by atoms with E-state index in [1.165, 1.54) is 12.1 Å². The van der Waals surface area contributed by atoms with Crippen molar-refractivity contribution in [2.24, 2.45) is 4.99 Å². The van der Waals surface area contributed by atoms with Crippen LogP contribution in [-0.4, -0.2) is 11.9 Å². The van der Waals surface area contributed by atoms with Gasteiger partial charge in [0.2, 0.25) is 5.90 Å². The Morgan fingerprint density at radius 1 is 1.03 bits per heavy atom. The summed E-state index contributed by atoms with van der Waals surface area (Å²) >= 11 is 0. The first kappa shape index (κ1) is 18.6. The number of benzene rings is 3. The number of hydrogen-bond acceptors (Lipinski definition) is 4. The van der Waals surface area contributed by atoms with Crippen molar-refractivity contribution in [2.75, 3.05) is 0 Å². The summed E-state index contributed by atoms with van der Waals surface area (Å²) in [5.41, 5.74) is 3.13. The standard InChI is InChI=1S/C24H18FNO3/c1-16-7-6-8-17(13-16)15-28-22-12-5-2-9-18(22)14-21-24(27)29-23(26-21)19-10-3-4-11-20(19)25/h2-14H,15H2,1H3. The molecule has 0 amide bonds. The average Bonchev–Trinajstić information content (AvgIpc) is 3.08. The fraction of sp³-hybridized carbons (Fsp3) is 0.0833. The molecule has 0 atom stereocenters. The molecule has 144 valence electrons. The molecule has 1 heterocycles. The molecular weight excluding hydrogens is 369 g/mol. The number of aryl methyl sites for hydroxylation is 1. The summed E-state index contributed by atoms with van der Waals surface area (Å²) in [5.74, 6) is -0.555. The molecule has 4 nitrogen and oxygen atoms in total. The predicted octanol–water partition coefficient (Wildman–Crippen LogP) is 5.06. The minimum atomic E-state index is -0.628. The van der Waals surface area contributed by atoms with E-state index in [9.17, 15) is 9.18 Å². The van der Waals surface area contributed by atoms with Gasteiger partial charge in [0, 0.05) is 5.56 Å². The number of hydrogen-bond donors (Lipinski definition) is 0. The molecule has 3 aromatic rings. The Balaban J connectivity index is 1.60. The molecule has 4 rings (SSSR count). The van der Waals surface area contributed by atoms with Gasteiger partial charge in [-0.3, -0.25) is 0 Å². The summed E-state index contributed by atoms with van der Waals surface area (Å²) in [6.07, 6.45) is 1.59. The molecule has 1 aliphatic rings. The predicted molar refractivity (Wildman–Crippen MR) is 109 cm³/mol. The van der Waals surface area contributed by atoms with E-state index in [1.807, 2.05) is 49.4 Å². The third-order valence-corrected chi connectivity index (χ3v) is 4.41. The number of ether oxygens (including phenoxy) is 2. The Morgan fingerprint density at radius 3 is 2.66 bits per heavy atom. The van der Waals surface area contributed by atoms with Gasteiger partial charge in [-0.15, -0.1) is 0 Å². The number of aliphatic imine (C=N–C) groups is 1. The first-order valence-electron chi connectivity index (χ1n) is 9.15. The normalized spacial score (nSPS) is 14.6. The van der Waals surface area contributed by atoms with Crippen LogP contribution in [0.25, 0.3) is 6.08 Å². The summed E-state index contributed by atoms with van der Waals surface area (Å²) in [5, 5.41) is 0. The van der Waals surface area contributed by atoms with Crippen LogP contribution < -0.4 is 4.74 Å². The number of carbonyl (C=O) groups is 1. The number of cyclic esters (lactones) is 1. The molecule has 0 radical (unpaired) electrons. The molecule has 1 aliphatic heterocycles. The van der Waals surface area contributed by atoms with Crippen LogP contribution in [0.3, 0.4) is 0 Å². The van der Waals surface area contributed by atoms with Gasteiger partial charge in [0.05, 0.1) is 5.56 Å². The second kappa shape index (κ2) is 8.10. The van der Waals surface area contributed by atoms with E-state index in [1.54, 1.807) is 18.2 Å². The number of para-hydroxylation sites is 1. The minimum Gasteiger partial charge on any atom is -0.488 e. The first-order chi connectivity index (χ1) is 14.1. The summed E-state index contributed by atoms with van der Waals surface area (Å²) in [4.78, 5) is 16.4. The van der Waals surface area contributed by atoms with Gasteiger partial charge in [-0.25, -0.2) is 14.2 Å². The maximum absolute atomic E-state index is 14.0. The van der Waals surface area contributed by atoms with E-state index in [0.717, 1.165) is 11.1 Å². The van der Waals surface area contributed by atoms with E-state index in [-0.39, 0.29) is 17.2 Å². The molecule has 0 saturated heterocycles. The zero-order chi connectivity index (χ0) is 20.2. The van der Waals surface area contributed by atoms with Crippen molar-refractivity contribution in [1.82, 2.24) is 0 Å². The van der Waals surface area contributed by atoms with Crippen molar-refractivity contribution >= 4 is 17.9 Å². The molecule has 0 aromatic heterocycles. The van der Waals surface area contributed by atoms with Crippen LogP contribution in [-0.2, 0) is 16.1 Å². The molecule has 0 spiro atoms. The highest BCUT2D eigenvalue weighted by Gasteiger charge is 2.26. The van der Waals surface area contributed by atoms with Crippen LogP contribution in [0, 0.1) is 12.7 Å². The van der Waals surface area contributed by atoms with Crippen molar-refractivity contribution in [3.63, 3.8) is 0 Å². The van der Waals surface area contributed by atoms with E-state index in [0.29, 0.717) is 17.9 Å². The maximum atomic E-state index is 14.0. The zero-order valence-corrected chi connectivity index (χ0v) is 15.8. The quantitative estimate of drug-likeness (QED) is 0.454. The minimum absolute atomic E-state index is 0.0440. The lowest BCUT2D eigenvalue weighted by atomic mass is 10.1. The van der Waals surface area contributed by atoms with Crippen LogP contribution in [0.4, 0.5) is 4.39 Å². The second-order valence-corrected chi connectivity index (χ2v) is 6.63. The van der Waals surface area contributed by atoms with Crippen LogP contribution in [0.5, 0.6) is 5.75 Å². The topological polar surface area (TPSA) is 47.9 Å². The van der Waals surface area contributed by atoms with Crippen LogP contribution in [0.15, 0.2) is 83.5 Å². The molecule has 5 heteroatoms. The van der Waals surface area contributed by atoms with Gasteiger partial charge in [-0.2, -0.15) is 0 Å². The highest BCUT2D eigenvalue weighted by atomic mass is 19.1. The van der Waals surface area contributed by atoms with E-state index in [2.05, 4.69) is 11.1 Å². The number of esters is 1. The summed E-state index contributed by atoms with van der Waals surface area (Å²) in [6, 6.07) is 21.4. The Hall–Kier alpha value is -3.73. The van der Waals surface area contributed by atoms with Gasteiger partial charge in [0.15, 0.2) is 5.70 Å². The number of halogens is 1. The molecule has 29 heavy (non-hydrogen) atoms. The molecule has 3 aromatic carbocycles. The largest absolute Gasteiger partial charge is 0.488 e. The van der Waals surface area contributed by atoms with Gasteiger partial charge in [0.1, 0.15) is 18.2 Å². The molecule has 0 N–H and O–H groups in total. The smallest absolute Gasteiger partial charge is 0.363 e. The summed E-state index contributed by atoms with van der Waals surface area (Å²) in [6.45, 7) is 2.43. The van der Waals surface area contributed by atoms with Crippen molar-refractivity contribution in [3.8, 4) is 5.75 Å². The van der Waals surface area contributed by atoms with Gasteiger partial charge in [-0.1, -0.05) is 60.2 Å². The number of carbonyl (C=O) groups excluding carboxylic acids is 1. The van der Waals surface area contributed by atoms with E-state index >= 15 is 0 Å². The fourth-order valence-electron chi connectivity index (χ4n) is 3.00. The first-order valence-corrected chi connectivity index (χ1v) is 9.15. The third kappa shape index (κ3) is 4.24. The Morgan fingerprint density at radius 2 is 1.83 bits per heavy atom. The molecular formula is C24H18FNO3. The van der Waals surface area contributed by atoms with Crippen LogP contribution >= 0.6 is 0 Å². The van der Waals surface area contributed by atoms with Gasteiger partial charge in [-0.05, 0) is 36.8 Å². The molecule has 0 fully saturated rings. The average molecular weight is 387 g/mol. The van der Waals surface area contributed by atoms with Crippen molar-refractivity contribution in [3.05, 3.63) is 107 Å². The number of rotatable bonds is 5. The van der Waals surface area contributed by atoms with E-state index < -0.39 is 11.8 Å². The summed E-state index contributed by atoms with van der Waals surface area (Å²) in [7, 11) is 0. The Kier molecular flexibility index (Phi) is 5.20. The van der Waals surface area contributed by atoms with Crippen molar-refractivity contribution in [1.29, 1.82) is 0 Å². The Bertz CT molecular complexity index is 1130. The highest BCUT2D eigenvalue weighted by molar-refractivity contribution is 6.13. The van der Waals surface area contributed by atoms with Crippen LogP contribution in [0.1, 0.15) is 22.3 Å². The van der Waals surface area contributed by atoms with Crippen molar-refractivity contribution < 1.29 is 18.7 Å². The molecule has 0 unspecified atom stereocenters.